The van der Waals surface area contributed by atoms with E-state index in [2.05, 4.69) is 69.1 Å². The summed E-state index contributed by atoms with van der Waals surface area (Å²) in [4.78, 5) is 2.21. The first kappa shape index (κ1) is 14.0. The van der Waals surface area contributed by atoms with Crippen LogP contribution >= 0.6 is 11.6 Å². The molecule has 0 saturated heterocycles. The molecule has 2 aromatic carbocycles. The second-order valence-corrected chi connectivity index (χ2v) is 5.38. The zero-order chi connectivity index (χ0) is 14.0. The molecule has 0 spiro atoms. The molecule has 100 valence electrons. The molecule has 0 atom stereocenters. The van der Waals surface area contributed by atoms with Crippen LogP contribution in [0.3, 0.4) is 0 Å². The molecule has 1 nitrogen and oxygen atoms in total. The van der Waals surface area contributed by atoms with Crippen molar-refractivity contribution in [1.29, 1.82) is 0 Å². The summed E-state index contributed by atoms with van der Waals surface area (Å²) in [5.74, 6) is 0.534. The smallest absolute Gasteiger partial charge is 0.0494 e. The molecule has 0 aromatic heterocycles. The summed E-state index contributed by atoms with van der Waals surface area (Å²) >= 11 is 6.07. The molecule has 0 radical (unpaired) electrons. The Morgan fingerprint density at radius 1 is 0.895 bits per heavy atom. The van der Waals surface area contributed by atoms with Crippen LogP contribution in [0.4, 0.5) is 11.4 Å². The summed E-state index contributed by atoms with van der Waals surface area (Å²) in [5, 5.41) is 0. The highest BCUT2D eigenvalue weighted by molar-refractivity contribution is 6.17. The largest absolute Gasteiger partial charge is 0.344 e. The van der Waals surface area contributed by atoms with Gasteiger partial charge in [0.25, 0.3) is 0 Å². The van der Waals surface area contributed by atoms with Crippen LogP contribution in [0, 0.1) is 20.8 Å². The Balaban J connectivity index is 2.46. The van der Waals surface area contributed by atoms with Crippen LogP contribution < -0.4 is 4.90 Å². The van der Waals surface area contributed by atoms with Crippen molar-refractivity contribution in [2.75, 3.05) is 11.9 Å². The summed E-state index contributed by atoms with van der Waals surface area (Å²) in [5.41, 5.74) is 7.38. The Morgan fingerprint density at radius 3 is 2.05 bits per heavy atom. The minimum Gasteiger partial charge on any atom is -0.344 e. The van der Waals surface area contributed by atoms with Gasteiger partial charge in [-0.05, 0) is 44.0 Å². The molecule has 0 aliphatic rings. The number of rotatable bonds is 3. The van der Waals surface area contributed by atoms with E-state index >= 15 is 0 Å². The molecule has 0 unspecified atom stereocenters. The van der Waals surface area contributed by atoms with Crippen LogP contribution in [0.2, 0.25) is 0 Å². The van der Waals surface area contributed by atoms with Gasteiger partial charge in [0, 0.05) is 24.3 Å². The summed E-state index contributed by atoms with van der Waals surface area (Å²) < 4.78 is 0. The standard InChI is InChI=1S/C17H20ClN/c1-12-5-7-16(14(3)9-12)19(4)17-8-6-13(2)10-15(17)11-18/h5-10H,11H2,1-4H3. The van der Waals surface area contributed by atoms with Gasteiger partial charge in [0.1, 0.15) is 0 Å². The van der Waals surface area contributed by atoms with Crippen molar-refractivity contribution in [3.05, 3.63) is 58.7 Å². The van der Waals surface area contributed by atoms with E-state index in [9.17, 15) is 0 Å². The normalized spacial score (nSPS) is 10.6. The molecule has 0 bridgehead atoms. The molecular formula is C17H20ClN. The van der Waals surface area contributed by atoms with E-state index in [1.54, 1.807) is 0 Å². The Hall–Kier alpha value is -1.47. The minimum atomic E-state index is 0.534. The van der Waals surface area contributed by atoms with Gasteiger partial charge in [-0.25, -0.2) is 0 Å². The third-order valence-corrected chi connectivity index (χ3v) is 3.74. The number of benzene rings is 2. The van der Waals surface area contributed by atoms with Crippen molar-refractivity contribution < 1.29 is 0 Å². The van der Waals surface area contributed by atoms with Crippen molar-refractivity contribution in [3.63, 3.8) is 0 Å². The maximum Gasteiger partial charge on any atom is 0.0494 e. The van der Waals surface area contributed by atoms with Gasteiger partial charge in [-0.2, -0.15) is 0 Å². The maximum absolute atomic E-state index is 6.07. The molecule has 2 heteroatoms. The van der Waals surface area contributed by atoms with Crippen molar-refractivity contribution in [2.24, 2.45) is 0 Å². The molecule has 2 aromatic rings. The summed E-state index contributed by atoms with van der Waals surface area (Å²) in [7, 11) is 2.10. The average molecular weight is 274 g/mol. The number of hydrogen-bond donors (Lipinski definition) is 0. The topological polar surface area (TPSA) is 3.24 Å². The Morgan fingerprint density at radius 2 is 1.47 bits per heavy atom. The molecule has 0 aliphatic carbocycles. The predicted octanol–water partition coefficient (Wildman–Crippen LogP) is 5.12. The number of hydrogen-bond acceptors (Lipinski definition) is 1. The van der Waals surface area contributed by atoms with Crippen LogP contribution in [0.5, 0.6) is 0 Å². The second kappa shape index (κ2) is 5.66. The SMILES string of the molecule is Cc1ccc(N(C)c2ccc(C)cc2CCl)c(C)c1. The van der Waals surface area contributed by atoms with Gasteiger partial charge < -0.3 is 4.90 Å². The van der Waals surface area contributed by atoms with Crippen LogP contribution in [-0.2, 0) is 5.88 Å². The molecular weight excluding hydrogens is 254 g/mol. The molecule has 0 amide bonds. The summed E-state index contributed by atoms with van der Waals surface area (Å²) in [6, 6.07) is 13.0. The third-order valence-electron chi connectivity index (χ3n) is 3.45. The van der Waals surface area contributed by atoms with E-state index in [0.29, 0.717) is 5.88 Å². The second-order valence-electron chi connectivity index (χ2n) is 5.11. The zero-order valence-corrected chi connectivity index (χ0v) is 12.8. The fourth-order valence-corrected chi connectivity index (χ4v) is 2.67. The Kier molecular flexibility index (Phi) is 4.16. The van der Waals surface area contributed by atoms with E-state index < -0.39 is 0 Å². The highest BCUT2D eigenvalue weighted by atomic mass is 35.5. The van der Waals surface area contributed by atoms with Gasteiger partial charge in [0.15, 0.2) is 0 Å². The lowest BCUT2D eigenvalue weighted by Crippen LogP contribution is -2.13. The first-order valence-electron chi connectivity index (χ1n) is 6.49. The van der Waals surface area contributed by atoms with Gasteiger partial charge in [0.2, 0.25) is 0 Å². The summed E-state index contributed by atoms with van der Waals surface area (Å²) in [6.07, 6.45) is 0. The van der Waals surface area contributed by atoms with Crippen molar-refractivity contribution in [1.82, 2.24) is 0 Å². The van der Waals surface area contributed by atoms with Gasteiger partial charge in [-0.3, -0.25) is 0 Å². The lowest BCUT2D eigenvalue weighted by Gasteiger charge is -2.24. The molecule has 0 heterocycles. The quantitative estimate of drug-likeness (QED) is 0.702. The maximum atomic E-state index is 6.07. The third kappa shape index (κ3) is 2.93. The zero-order valence-electron chi connectivity index (χ0n) is 12.0. The number of nitrogens with zero attached hydrogens (tertiary/aromatic N) is 1. The summed E-state index contributed by atoms with van der Waals surface area (Å²) in [6.45, 7) is 6.36. The molecule has 0 aliphatic heterocycles. The number of halogens is 1. The Bertz CT molecular complexity index is 590. The fraction of sp³-hybridized carbons (Fsp3) is 0.294. The highest BCUT2D eigenvalue weighted by Gasteiger charge is 2.11. The van der Waals surface area contributed by atoms with E-state index in [4.69, 9.17) is 11.6 Å². The van der Waals surface area contributed by atoms with Crippen LogP contribution in [0.15, 0.2) is 36.4 Å². The van der Waals surface area contributed by atoms with E-state index in [1.165, 1.54) is 33.6 Å². The van der Waals surface area contributed by atoms with Gasteiger partial charge >= 0.3 is 0 Å². The minimum absolute atomic E-state index is 0.534. The molecule has 0 saturated carbocycles. The van der Waals surface area contributed by atoms with E-state index in [0.717, 1.165) is 0 Å². The van der Waals surface area contributed by atoms with Crippen molar-refractivity contribution in [3.8, 4) is 0 Å². The number of aryl methyl sites for hydroxylation is 3. The highest BCUT2D eigenvalue weighted by Crippen LogP contribution is 2.31. The average Bonchev–Trinajstić information content (AvgIpc) is 2.37. The Labute approximate surface area is 120 Å². The van der Waals surface area contributed by atoms with Gasteiger partial charge in [-0.15, -0.1) is 11.6 Å². The first-order chi connectivity index (χ1) is 9.02. The lowest BCUT2D eigenvalue weighted by atomic mass is 10.1. The molecule has 19 heavy (non-hydrogen) atoms. The molecule has 2 rings (SSSR count). The van der Waals surface area contributed by atoms with Crippen LogP contribution in [-0.4, -0.2) is 7.05 Å². The van der Waals surface area contributed by atoms with E-state index in [1.807, 2.05) is 0 Å². The van der Waals surface area contributed by atoms with Gasteiger partial charge in [0.05, 0.1) is 0 Å². The monoisotopic (exact) mass is 273 g/mol. The van der Waals surface area contributed by atoms with Crippen LogP contribution in [0.1, 0.15) is 22.3 Å². The van der Waals surface area contributed by atoms with Crippen molar-refractivity contribution in [2.45, 2.75) is 26.7 Å². The fourth-order valence-electron chi connectivity index (χ4n) is 2.46. The number of anilines is 2. The molecule has 0 fully saturated rings. The molecule has 0 N–H and O–H groups in total. The van der Waals surface area contributed by atoms with Crippen molar-refractivity contribution >= 4 is 23.0 Å². The van der Waals surface area contributed by atoms with E-state index in [-0.39, 0.29) is 0 Å². The lowest BCUT2D eigenvalue weighted by molar-refractivity contribution is 1.15. The predicted molar refractivity (Wildman–Crippen MR) is 84.7 cm³/mol. The first-order valence-corrected chi connectivity index (χ1v) is 7.03. The number of alkyl halides is 1. The van der Waals surface area contributed by atoms with Crippen LogP contribution in [0.25, 0.3) is 0 Å². The van der Waals surface area contributed by atoms with Gasteiger partial charge in [-0.1, -0.05) is 35.4 Å².